The van der Waals surface area contributed by atoms with Gasteiger partial charge in [0.1, 0.15) is 16.5 Å². The highest BCUT2D eigenvalue weighted by Gasteiger charge is 2.22. The molecule has 0 spiro atoms. The van der Waals surface area contributed by atoms with Gasteiger partial charge in [-0.3, -0.25) is 0 Å². The van der Waals surface area contributed by atoms with Crippen molar-refractivity contribution in [3.63, 3.8) is 0 Å². The van der Waals surface area contributed by atoms with Gasteiger partial charge in [0.25, 0.3) is 0 Å². The van der Waals surface area contributed by atoms with Crippen molar-refractivity contribution in [2.45, 2.75) is 11.8 Å². The first-order valence-corrected chi connectivity index (χ1v) is 8.68. The van der Waals surface area contributed by atoms with Gasteiger partial charge in [-0.15, -0.1) is 0 Å². The van der Waals surface area contributed by atoms with Crippen LogP contribution in [0.15, 0.2) is 30.3 Å². The Bertz CT molecular complexity index is 661. The molecular weight excluding hydrogens is 466 g/mol. The number of ether oxygens (including phenoxy) is 2. The molecule has 1 atom stereocenters. The zero-order chi connectivity index (χ0) is 15.6. The first kappa shape index (κ1) is 16.9. The van der Waals surface area contributed by atoms with Gasteiger partial charge in [-0.25, -0.2) is 0 Å². The maximum atomic E-state index is 6.34. The Labute approximate surface area is 152 Å². The Morgan fingerprint density at radius 1 is 1.10 bits per heavy atom. The fourth-order valence-electron chi connectivity index (χ4n) is 2.15. The lowest BCUT2D eigenvalue weighted by Gasteiger charge is -2.19. The highest BCUT2D eigenvalue weighted by Crippen LogP contribution is 2.45. The second-order valence-corrected chi connectivity index (χ2v) is 6.92. The van der Waals surface area contributed by atoms with Crippen molar-refractivity contribution < 1.29 is 9.47 Å². The van der Waals surface area contributed by atoms with E-state index in [9.17, 15) is 0 Å². The standard InChI is InChI=1S/C16H15BrClIO2/c1-9-5-4-6-10(15(9)19)13(17)11-7-8-12(20-2)14(18)16(11)21-3/h4-8,13H,1-3H3. The van der Waals surface area contributed by atoms with Gasteiger partial charge in [0.2, 0.25) is 0 Å². The SMILES string of the molecule is COc1ccc(C(Br)c2cccc(C)c2I)c(OC)c1Cl. The monoisotopic (exact) mass is 480 g/mol. The third-order valence-electron chi connectivity index (χ3n) is 3.28. The van der Waals surface area contributed by atoms with Crippen molar-refractivity contribution >= 4 is 50.1 Å². The van der Waals surface area contributed by atoms with Crippen LogP contribution in [0, 0.1) is 10.5 Å². The van der Waals surface area contributed by atoms with E-state index >= 15 is 0 Å². The summed E-state index contributed by atoms with van der Waals surface area (Å²) in [6.45, 7) is 2.10. The minimum Gasteiger partial charge on any atom is -0.495 e. The topological polar surface area (TPSA) is 18.5 Å². The summed E-state index contributed by atoms with van der Waals surface area (Å²) in [5.41, 5.74) is 3.41. The molecule has 112 valence electrons. The molecule has 0 N–H and O–H groups in total. The summed E-state index contributed by atoms with van der Waals surface area (Å²) in [4.78, 5) is 0.00246. The Balaban J connectivity index is 2.56. The molecule has 5 heteroatoms. The summed E-state index contributed by atoms with van der Waals surface area (Å²) >= 11 is 12.5. The number of hydrogen-bond donors (Lipinski definition) is 0. The number of methoxy groups -OCH3 is 2. The molecule has 2 nitrogen and oxygen atoms in total. The number of aryl methyl sites for hydroxylation is 1. The van der Waals surface area contributed by atoms with Gasteiger partial charge in [-0.1, -0.05) is 51.8 Å². The van der Waals surface area contributed by atoms with E-state index in [1.807, 2.05) is 12.1 Å². The molecule has 2 aromatic rings. The molecule has 21 heavy (non-hydrogen) atoms. The van der Waals surface area contributed by atoms with Gasteiger partial charge in [0.15, 0.2) is 0 Å². The summed E-state index contributed by atoms with van der Waals surface area (Å²) in [5.74, 6) is 1.24. The summed E-state index contributed by atoms with van der Waals surface area (Å²) in [6.07, 6.45) is 0. The van der Waals surface area contributed by atoms with E-state index in [2.05, 4.69) is 63.6 Å². The van der Waals surface area contributed by atoms with E-state index in [0.29, 0.717) is 16.5 Å². The van der Waals surface area contributed by atoms with Crippen molar-refractivity contribution in [2.24, 2.45) is 0 Å². The summed E-state index contributed by atoms with van der Waals surface area (Å²) in [5, 5.41) is 0.490. The quantitative estimate of drug-likeness (QED) is 0.409. The average Bonchev–Trinajstić information content (AvgIpc) is 2.49. The lowest BCUT2D eigenvalue weighted by Crippen LogP contribution is -2.01. The van der Waals surface area contributed by atoms with Crippen molar-refractivity contribution in [3.8, 4) is 11.5 Å². The minimum atomic E-state index is 0.00246. The summed E-state index contributed by atoms with van der Waals surface area (Å²) < 4.78 is 12.0. The van der Waals surface area contributed by atoms with Crippen LogP contribution in [0.2, 0.25) is 5.02 Å². The third kappa shape index (κ3) is 3.32. The lowest BCUT2D eigenvalue weighted by atomic mass is 10.0. The number of benzene rings is 2. The Kier molecular flexibility index (Phi) is 5.80. The van der Waals surface area contributed by atoms with Crippen LogP contribution < -0.4 is 9.47 Å². The van der Waals surface area contributed by atoms with Gasteiger partial charge in [0, 0.05) is 9.13 Å². The van der Waals surface area contributed by atoms with E-state index in [1.54, 1.807) is 14.2 Å². The normalized spacial score (nSPS) is 12.1. The van der Waals surface area contributed by atoms with Gasteiger partial charge in [-0.05, 0) is 46.7 Å². The van der Waals surface area contributed by atoms with Crippen molar-refractivity contribution in [1.29, 1.82) is 0 Å². The molecule has 0 radical (unpaired) electrons. The number of hydrogen-bond acceptors (Lipinski definition) is 2. The third-order valence-corrected chi connectivity index (χ3v) is 6.10. The number of alkyl halides is 1. The van der Waals surface area contributed by atoms with Crippen LogP contribution in [-0.2, 0) is 0 Å². The van der Waals surface area contributed by atoms with E-state index in [-0.39, 0.29) is 4.83 Å². The molecule has 0 saturated heterocycles. The lowest BCUT2D eigenvalue weighted by molar-refractivity contribution is 0.392. The Morgan fingerprint density at radius 3 is 2.43 bits per heavy atom. The second kappa shape index (κ2) is 7.20. The highest BCUT2D eigenvalue weighted by atomic mass is 127. The maximum Gasteiger partial charge on any atom is 0.145 e. The van der Waals surface area contributed by atoms with Crippen molar-refractivity contribution in [2.75, 3.05) is 14.2 Å². The van der Waals surface area contributed by atoms with Crippen LogP contribution in [0.4, 0.5) is 0 Å². The zero-order valence-corrected chi connectivity index (χ0v) is 16.4. The first-order valence-electron chi connectivity index (χ1n) is 6.30. The summed E-state index contributed by atoms with van der Waals surface area (Å²) in [6, 6.07) is 10.1. The van der Waals surface area contributed by atoms with E-state index in [1.165, 1.54) is 14.7 Å². The molecule has 0 saturated carbocycles. The molecule has 0 amide bonds. The van der Waals surface area contributed by atoms with E-state index in [4.69, 9.17) is 21.1 Å². The molecule has 0 aliphatic heterocycles. The molecule has 1 unspecified atom stereocenters. The van der Waals surface area contributed by atoms with E-state index < -0.39 is 0 Å². The molecule has 0 aromatic heterocycles. The number of halogens is 3. The maximum absolute atomic E-state index is 6.34. The van der Waals surface area contributed by atoms with Crippen molar-refractivity contribution in [3.05, 3.63) is 55.6 Å². The molecule has 2 aromatic carbocycles. The van der Waals surface area contributed by atoms with Crippen LogP contribution in [0.3, 0.4) is 0 Å². The predicted molar refractivity (Wildman–Crippen MR) is 99.2 cm³/mol. The second-order valence-electron chi connectivity index (χ2n) is 4.54. The molecule has 0 aliphatic rings. The van der Waals surface area contributed by atoms with Crippen LogP contribution in [-0.4, -0.2) is 14.2 Å². The molecule has 2 rings (SSSR count). The van der Waals surface area contributed by atoms with Gasteiger partial charge >= 0.3 is 0 Å². The van der Waals surface area contributed by atoms with Crippen LogP contribution in [0.5, 0.6) is 11.5 Å². The zero-order valence-electron chi connectivity index (χ0n) is 11.9. The summed E-state index contributed by atoms with van der Waals surface area (Å²) in [7, 11) is 3.21. The number of rotatable bonds is 4. The average molecular weight is 482 g/mol. The van der Waals surface area contributed by atoms with Gasteiger partial charge < -0.3 is 9.47 Å². The fourth-order valence-corrected chi connectivity index (χ4v) is 4.32. The molecule has 0 heterocycles. The molecular formula is C16H15BrClIO2. The first-order chi connectivity index (χ1) is 10.0. The van der Waals surface area contributed by atoms with Crippen LogP contribution in [0.25, 0.3) is 0 Å². The highest BCUT2D eigenvalue weighted by molar-refractivity contribution is 14.1. The molecule has 0 bridgehead atoms. The van der Waals surface area contributed by atoms with E-state index in [0.717, 1.165) is 5.56 Å². The van der Waals surface area contributed by atoms with Crippen LogP contribution in [0.1, 0.15) is 21.5 Å². The van der Waals surface area contributed by atoms with Gasteiger partial charge in [0.05, 0.1) is 19.0 Å². The Morgan fingerprint density at radius 2 is 1.81 bits per heavy atom. The Hall–Kier alpha value is -0.460. The largest absolute Gasteiger partial charge is 0.495 e. The van der Waals surface area contributed by atoms with Crippen LogP contribution >= 0.6 is 50.1 Å². The minimum absolute atomic E-state index is 0.00246. The fraction of sp³-hybridized carbons (Fsp3) is 0.250. The van der Waals surface area contributed by atoms with Gasteiger partial charge in [-0.2, -0.15) is 0 Å². The molecule has 0 fully saturated rings. The van der Waals surface area contributed by atoms with Crippen molar-refractivity contribution in [1.82, 2.24) is 0 Å². The molecule has 0 aliphatic carbocycles. The smallest absolute Gasteiger partial charge is 0.145 e. The predicted octanol–water partition coefficient (Wildman–Crippen LogP) is 5.75.